The molecule has 9 nitrogen and oxygen atoms in total. The molecule has 0 aliphatic rings. The number of nitro benzene ring substituents is 1. The minimum absolute atomic E-state index is 0.0970. The van der Waals surface area contributed by atoms with Crippen molar-refractivity contribution < 1.29 is 14.5 Å². The number of nitro groups is 1. The van der Waals surface area contributed by atoms with Crippen LogP contribution in [0.5, 0.6) is 0 Å². The van der Waals surface area contributed by atoms with Gasteiger partial charge in [0.15, 0.2) is 5.11 Å². The van der Waals surface area contributed by atoms with Gasteiger partial charge in [-0.1, -0.05) is 30.3 Å². The van der Waals surface area contributed by atoms with E-state index in [0.717, 1.165) is 5.56 Å². The van der Waals surface area contributed by atoms with Gasteiger partial charge in [-0.25, -0.2) is 0 Å². The molecule has 0 unspecified atom stereocenters. The van der Waals surface area contributed by atoms with Gasteiger partial charge in [0.25, 0.3) is 17.5 Å². The van der Waals surface area contributed by atoms with E-state index < -0.39 is 16.7 Å². The van der Waals surface area contributed by atoms with Gasteiger partial charge in [0.2, 0.25) is 0 Å². The molecule has 0 saturated carbocycles. The Kier molecular flexibility index (Phi) is 7.44. The van der Waals surface area contributed by atoms with Crippen LogP contribution < -0.4 is 21.5 Å². The second-order valence-electron chi connectivity index (χ2n) is 6.58. The lowest BCUT2D eigenvalue weighted by Gasteiger charge is -2.12. The van der Waals surface area contributed by atoms with Crippen molar-refractivity contribution in [1.82, 2.24) is 16.2 Å². The Labute approximate surface area is 189 Å². The van der Waals surface area contributed by atoms with E-state index in [1.165, 1.54) is 24.3 Å². The molecule has 3 aromatic carbocycles. The van der Waals surface area contributed by atoms with E-state index in [2.05, 4.69) is 21.5 Å². The van der Waals surface area contributed by atoms with E-state index >= 15 is 0 Å². The van der Waals surface area contributed by atoms with Crippen molar-refractivity contribution in [1.29, 1.82) is 0 Å². The van der Waals surface area contributed by atoms with Gasteiger partial charge in [0.1, 0.15) is 0 Å². The molecule has 2 amide bonds. The molecule has 0 radical (unpaired) electrons. The number of non-ortho nitro benzene ring substituents is 1. The van der Waals surface area contributed by atoms with E-state index in [4.69, 9.17) is 12.2 Å². The van der Waals surface area contributed by atoms with Gasteiger partial charge >= 0.3 is 0 Å². The molecule has 0 bridgehead atoms. The van der Waals surface area contributed by atoms with Gasteiger partial charge in [-0.2, -0.15) is 0 Å². The summed E-state index contributed by atoms with van der Waals surface area (Å²) in [4.78, 5) is 34.7. The number of rotatable bonds is 6. The largest absolute Gasteiger partial charge is 0.357 e. The summed E-state index contributed by atoms with van der Waals surface area (Å²) < 4.78 is 0. The molecule has 32 heavy (non-hydrogen) atoms. The Morgan fingerprint density at radius 3 is 2.03 bits per heavy atom. The molecule has 162 valence electrons. The van der Waals surface area contributed by atoms with Crippen molar-refractivity contribution in [2.45, 2.75) is 6.54 Å². The van der Waals surface area contributed by atoms with Crippen LogP contribution >= 0.6 is 12.2 Å². The summed E-state index contributed by atoms with van der Waals surface area (Å²) >= 11 is 5.14. The summed E-state index contributed by atoms with van der Waals surface area (Å²) in [6.45, 7) is 0.520. The highest BCUT2D eigenvalue weighted by atomic mass is 32.1. The van der Waals surface area contributed by atoms with Crippen molar-refractivity contribution in [3.05, 3.63) is 106 Å². The van der Waals surface area contributed by atoms with Crippen LogP contribution in [0.25, 0.3) is 0 Å². The fourth-order valence-electron chi connectivity index (χ4n) is 2.65. The quantitative estimate of drug-likeness (QED) is 0.259. The van der Waals surface area contributed by atoms with Gasteiger partial charge in [-0.15, -0.1) is 0 Å². The van der Waals surface area contributed by atoms with Crippen LogP contribution in [0.1, 0.15) is 26.3 Å². The number of hydrazine groups is 1. The highest BCUT2D eigenvalue weighted by Crippen LogP contribution is 2.15. The highest BCUT2D eigenvalue weighted by Gasteiger charge is 2.11. The Hall–Kier alpha value is -4.31. The second-order valence-corrected chi connectivity index (χ2v) is 6.99. The Balaban J connectivity index is 1.47. The minimum Gasteiger partial charge on any atom is -0.357 e. The van der Waals surface area contributed by atoms with Crippen LogP contribution in [0.3, 0.4) is 0 Å². The third kappa shape index (κ3) is 6.34. The molecule has 0 aliphatic carbocycles. The Morgan fingerprint density at radius 2 is 1.41 bits per heavy atom. The molecule has 10 heteroatoms. The van der Waals surface area contributed by atoms with Gasteiger partial charge in [0, 0.05) is 35.5 Å². The number of amides is 2. The number of nitrogens with zero attached hydrogens (tertiary/aromatic N) is 1. The number of benzene rings is 3. The van der Waals surface area contributed by atoms with Crippen molar-refractivity contribution in [2.75, 3.05) is 5.32 Å². The zero-order valence-electron chi connectivity index (χ0n) is 16.7. The molecular formula is C22H19N5O4S. The van der Waals surface area contributed by atoms with E-state index in [-0.39, 0.29) is 16.4 Å². The van der Waals surface area contributed by atoms with Gasteiger partial charge < -0.3 is 10.6 Å². The zero-order chi connectivity index (χ0) is 22.9. The van der Waals surface area contributed by atoms with Crippen LogP contribution in [0.15, 0.2) is 78.9 Å². The molecular weight excluding hydrogens is 430 g/mol. The van der Waals surface area contributed by atoms with Gasteiger partial charge in [0.05, 0.1) is 4.92 Å². The van der Waals surface area contributed by atoms with Crippen LogP contribution in [-0.2, 0) is 6.54 Å². The third-order valence-corrected chi connectivity index (χ3v) is 4.58. The first-order valence-corrected chi connectivity index (χ1v) is 9.87. The maximum absolute atomic E-state index is 12.3. The van der Waals surface area contributed by atoms with E-state index in [1.54, 1.807) is 24.3 Å². The Morgan fingerprint density at radius 1 is 0.812 bits per heavy atom. The molecule has 0 spiro atoms. The smallest absolute Gasteiger partial charge is 0.269 e. The number of nitrogens with one attached hydrogen (secondary N) is 4. The summed E-state index contributed by atoms with van der Waals surface area (Å²) in [6.07, 6.45) is 0. The van der Waals surface area contributed by atoms with E-state index in [1.807, 2.05) is 30.3 Å². The molecule has 0 aliphatic heterocycles. The monoisotopic (exact) mass is 449 g/mol. The maximum atomic E-state index is 12.3. The summed E-state index contributed by atoms with van der Waals surface area (Å²) in [7, 11) is 0. The lowest BCUT2D eigenvalue weighted by Crippen LogP contribution is -2.46. The van der Waals surface area contributed by atoms with Crippen molar-refractivity contribution in [3.8, 4) is 0 Å². The van der Waals surface area contributed by atoms with Crippen molar-refractivity contribution in [3.63, 3.8) is 0 Å². The molecule has 4 N–H and O–H groups in total. The normalized spacial score (nSPS) is 10.0. The van der Waals surface area contributed by atoms with Crippen LogP contribution in [0.2, 0.25) is 0 Å². The van der Waals surface area contributed by atoms with E-state index in [9.17, 15) is 19.7 Å². The standard InChI is InChI=1S/C22H19N5O4S/c28-20(16-8-12-19(13-9-16)27(30)31)24-18-10-6-17(7-11-18)21(29)25-26-22(32)23-14-15-4-2-1-3-5-15/h1-13H,14H2,(H,24,28)(H,25,29)(H2,23,26,32). The number of hydrogen-bond acceptors (Lipinski definition) is 5. The summed E-state index contributed by atoms with van der Waals surface area (Å²) in [5, 5.41) is 16.6. The molecule has 3 aromatic rings. The lowest BCUT2D eigenvalue weighted by atomic mass is 10.1. The molecule has 0 heterocycles. The zero-order valence-corrected chi connectivity index (χ0v) is 17.5. The average molecular weight is 449 g/mol. The third-order valence-electron chi connectivity index (χ3n) is 4.33. The lowest BCUT2D eigenvalue weighted by molar-refractivity contribution is -0.384. The highest BCUT2D eigenvalue weighted by molar-refractivity contribution is 7.80. The summed E-state index contributed by atoms with van der Waals surface area (Å²) in [5.74, 6) is -0.823. The molecule has 0 saturated heterocycles. The van der Waals surface area contributed by atoms with Crippen LogP contribution in [0, 0.1) is 10.1 Å². The molecule has 0 atom stereocenters. The minimum atomic E-state index is -0.535. The number of thiocarbonyl (C=S) groups is 1. The molecule has 0 fully saturated rings. The molecule has 3 rings (SSSR count). The first kappa shape index (κ1) is 22.4. The average Bonchev–Trinajstić information content (AvgIpc) is 2.82. The topological polar surface area (TPSA) is 125 Å². The first-order valence-electron chi connectivity index (χ1n) is 9.46. The second kappa shape index (κ2) is 10.6. The summed E-state index contributed by atoms with van der Waals surface area (Å²) in [6, 6.07) is 21.2. The number of carbonyl (C=O) groups excluding carboxylic acids is 2. The van der Waals surface area contributed by atoms with Crippen LogP contribution in [0.4, 0.5) is 11.4 Å². The molecule has 0 aromatic heterocycles. The van der Waals surface area contributed by atoms with Crippen LogP contribution in [-0.4, -0.2) is 21.9 Å². The summed E-state index contributed by atoms with van der Waals surface area (Å²) in [5.41, 5.74) is 7.19. The van der Waals surface area contributed by atoms with Gasteiger partial charge in [-0.05, 0) is 54.2 Å². The fraction of sp³-hybridized carbons (Fsp3) is 0.0455. The number of anilines is 1. The fourth-order valence-corrected chi connectivity index (χ4v) is 2.77. The first-order chi connectivity index (χ1) is 15.4. The predicted octanol–water partition coefficient (Wildman–Crippen LogP) is 3.16. The number of carbonyl (C=O) groups is 2. The number of hydrogen-bond donors (Lipinski definition) is 4. The SMILES string of the molecule is O=C(NNC(=S)NCc1ccccc1)c1ccc(NC(=O)c2ccc([N+](=O)[O-])cc2)cc1. The predicted molar refractivity (Wildman–Crippen MR) is 124 cm³/mol. The maximum Gasteiger partial charge on any atom is 0.269 e. The Bertz CT molecular complexity index is 1120. The van der Waals surface area contributed by atoms with E-state index in [0.29, 0.717) is 17.8 Å². The van der Waals surface area contributed by atoms with Gasteiger partial charge in [-0.3, -0.25) is 30.6 Å². The van der Waals surface area contributed by atoms with Crippen molar-refractivity contribution in [2.24, 2.45) is 0 Å². The van der Waals surface area contributed by atoms with Crippen molar-refractivity contribution >= 4 is 40.5 Å².